The average molecular weight is 231 g/mol. The molecule has 2 N–H and O–H groups in total. The molecule has 1 fully saturated rings. The maximum atomic E-state index is 6.19. The van der Waals surface area contributed by atoms with Crippen molar-refractivity contribution >= 4 is 5.65 Å². The predicted molar refractivity (Wildman–Crippen MR) is 64.7 cm³/mol. The van der Waals surface area contributed by atoms with E-state index in [1.54, 1.807) is 0 Å². The van der Waals surface area contributed by atoms with E-state index in [1.165, 1.54) is 12.8 Å². The highest BCUT2D eigenvalue weighted by Crippen LogP contribution is 2.30. The van der Waals surface area contributed by atoms with E-state index < -0.39 is 0 Å². The molecule has 0 bridgehead atoms. The zero-order valence-corrected chi connectivity index (χ0v) is 10.0. The number of aromatic nitrogens is 4. The van der Waals surface area contributed by atoms with E-state index in [2.05, 4.69) is 15.3 Å². The summed E-state index contributed by atoms with van der Waals surface area (Å²) in [5.41, 5.74) is 7.97. The van der Waals surface area contributed by atoms with Crippen molar-refractivity contribution < 1.29 is 0 Å². The summed E-state index contributed by atoms with van der Waals surface area (Å²) in [6.45, 7) is 1.98. The Morgan fingerprint density at radius 2 is 2.06 bits per heavy atom. The quantitative estimate of drug-likeness (QED) is 0.805. The molecule has 0 spiro atoms. The Labute approximate surface area is 100 Å². The normalized spacial score (nSPS) is 25.3. The van der Waals surface area contributed by atoms with Gasteiger partial charge in [-0.2, -0.15) is 9.61 Å². The summed E-state index contributed by atoms with van der Waals surface area (Å²) >= 11 is 0. The van der Waals surface area contributed by atoms with Crippen LogP contribution < -0.4 is 5.73 Å². The summed E-state index contributed by atoms with van der Waals surface area (Å²) in [7, 11) is 0. The zero-order valence-electron chi connectivity index (χ0n) is 10.0. The molecule has 17 heavy (non-hydrogen) atoms. The van der Waals surface area contributed by atoms with Gasteiger partial charge in [0.2, 0.25) is 0 Å². The monoisotopic (exact) mass is 231 g/mol. The van der Waals surface area contributed by atoms with Crippen molar-refractivity contribution in [2.24, 2.45) is 5.73 Å². The number of nitrogens with zero attached hydrogens (tertiary/aromatic N) is 4. The molecule has 2 heterocycles. The fourth-order valence-electron chi connectivity index (χ4n) is 2.61. The van der Waals surface area contributed by atoms with Gasteiger partial charge in [-0.15, -0.1) is 10.2 Å². The lowest BCUT2D eigenvalue weighted by molar-refractivity contribution is 0.368. The van der Waals surface area contributed by atoms with Gasteiger partial charge in [-0.05, 0) is 31.9 Å². The molecule has 0 aliphatic heterocycles. The molecule has 2 aromatic rings. The topological polar surface area (TPSA) is 69.1 Å². The first-order valence-corrected chi connectivity index (χ1v) is 6.20. The van der Waals surface area contributed by atoms with Gasteiger partial charge in [-0.3, -0.25) is 0 Å². The van der Waals surface area contributed by atoms with Crippen LogP contribution in [0.15, 0.2) is 12.1 Å². The number of aryl methyl sites for hydroxylation is 1. The molecular formula is C12H17N5. The second-order valence-corrected chi connectivity index (χ2v) is 4.86. The molecule has 0 amide bonds. The van der Waals surface area contributed by atoms with Gasteiger partial charge in [0.05, 0.1) is 5.69 Å². The molecule has 5 nitrogen and oxygen atoms in total. The number of hydrogen-bond acceptors (Lipinski definition) is 4. The lowest BCUT2D eigenvalue weighted by Crippen LogP contribution is -2.32. The van der Waals surface area contributed by atoms with Crippen LogP contribution in [0.25, 0.3) is 5.65 Å². The third-order valence-electron chi connectivity index (χ3n) is 3.57. The fraction of sp³-hybridized carbons (Fsp3) is 0.583. The van der Waals surface area contributed by atoms with Gasteiger partial charge in [0.1, 0.15) is 0 Å². The van der Waals surface area contributed by atoms with Crippen LogP contribution in [0.5, 0.6) is 0 Å². The standard InChI is InChI=1S/C12H17N5/c1-8-6-7-11-14-15-12(17(11)16-8)9-4-2-3-5-10(9)13/h6-7,9-10H,2-5,13H2,1H3. The number of hydrogen-bond donors (Lipinski definition) is 1. The van der Waals surface area contributed by atoms with Crippen molar-refractivity contribution in [2.75, 3.05) is 0 Å². The SMILES string of the molecule is Cc1ccc2nnc(C3CCCCC3N)n2n1. The Morgan fingerprint density at radius 1 is 1.24 bits per heavy atom. The maximum Gasteiger partial charge on any atom is 0.177 e. The summed E-state index contributed by atoms with van der Waals surface area (Å²) < 4.78 is 1.85. The van der Waals surface area contributed by atoms with Crippen molar-refractivity contribution in [1.82, 2.24) is 19.8 Å². The Kier molecular flexibility index (Phi) is 2.55. The lowest BCUT2D eigenvalue weighted by atomic mass is 9.84. The van der Waals surface area contributed by atoms with Crippen molar-refractivity contribution in [3.8, 4) is 0 Å². The van der Waals surface area contributed by atoms with Crippen LogP contribution in [-0.2, 0) is 0 Å². The van der Waals surface area contributed by atoms with Gasteiger partial charge >= 0.3 is 0 Å². The number of fused-ring (bicyclic) bond motifs is 1. The van der Waals surface area contributed by atoms with Gasteiger partial charge in [0, 0.05) is 12.0 Å². The summed E-state index contributed by atoms with van der Waals surface area (Å²) in [5, 5.41) is 12.9. The van der Waals surface area contributed by atoms with Gasteiger partial charge in [0.15, 0.2) is 11.5 Å². The molecule has 2 aromatic heterocycles. The average Bonchev–Trinajstić information content (AvgIpc) is 2.72. The van der Waals surface area contributed by atoms with E-state index in [0.29, 0.717) is 5.92 Å². The molecule has 90 valence electrons. The molecule has 1 aliphatic carbocycles. The molecule has 0 radical (unpaired) electrons. The number of rotatable bonds is 1. The minimum Gasteiger partial charge on any atom is -0.327 e. The third-order valence-corrected chi connectivity index (χ3v) is 3.57. The van der Waals surface area contributed by atoms with Crippen LogP contribution in [0.2, 0.25) is 0 Å². The highest BCUT2D eigenvalue weighted by Gasteiger charge is 2.27. The van der Waals surface area contributed by atoms with Gasteiger partial charge in [0.25, 0.3) is 0 Å². The van der Waals surface area contributed by atoms with Crippen LogP contribution in [-0.4, -0.2) is 25.9 Å². The Balaban J connectivity index is 2.07. The first-order valence-electron chi connectivity index (χ1n) is 6.20. The number of nitrogens with two attached hydrogens (primary N) is 1. The van der Waals surface area contributed by atoms with E-state index >= 15 is 0 Å². The summed E-state index contributed by atoms with van der Waals surface area (Å²) in [6.07, 6.45) is 4.61. The van der Waals surface area contributed by atoms with Crippen LogP contribution in [0, 0.1) is 6.92 Å². The van der Waals surface area contributed by atoms with Crippen LogP contribution in [0.3, 0.4) is 0 Å². The lowest BCUT2D eigenvalue weighted by Gasteiger charge is -2.26. The molecule has 2 atom stereocenters. The van der Waals surface area contributed by atoms with Crippen LogP contribution >= 0.6 is 0 Å². The molecule has 1 aliphatic rings. The van der Waals surface area contributed by atoms with Crippen LogP contribution in [0.1, 0.15) is 43.1 Å². The van der Waals surface area contributed by atoms with Crippen molar-refractivity contribution in [2.45, 2.75) is 44.6 Å². The molecular weight excluding hydrogens is 214 g/mol. The summed E-state index contributed by atoms with van der Waals surface area (Å²) in [5.74, 6) is 1.23. The van der Waals surface area contributed by atoms with Crippen molar-refractivity contribution in [3.05, 3.63) is 23.7 Å². The molecule has 5 heteroatoms. The van der Waals surface area contributed by atoms with Crippen molar-refractivity contribution in [1.29, 1.82) is 0 Å². The van der Waals surface area contributed by atoms with E-state index in [0.717, 1.165) is 30.0 Å². The molecule has 0 aromatic carbocycles. The van der Waals surface area contributed by atoms with Gasteiger partial charge in [-0.25, -0.2) is 0 Å². The molecule has 1 saturated carbocycles. The Bertz CT molecular complexity index is 533. The first kappa shape index (κ1) is 10.7. The molecule has 2 unspecified atom stereocenters. The second kappa shape index (κ2) is 4.07. The van der Waals surface area contributed by atoms with E-state index in [1.807, 2.05) is 23.6 Å². The minimum atomic E-state index is 0.193. The zero-order chi connectivity index (χ0) is 11.8. The molecule has 0 saturated heterocycles. The maximum absolute atomic E-state index is 6.19. The summed E-state index contributed by atoms with van der Waals surface area (Å²) in [6, 6.07) is 4.10. The highest BCUT2D eigenvalue weighted by atomic mass is 15.4. The van der Waals surface area contributed by atoms with Crippen LogP contribution in [0.4, 0.5) is 0 Å². The predicted octanol–water partition coefficient (Wildman–Crippen LogP) is 1.42. The first-order chi connectivity index (χ1) is 8.25. The van der Waals surface area contributed by atoms with Gasteiger partial charge in [-0.1, -0.05) is 12.8 Å². The summed E-state index contributed by atoms with van der Waals surface area (Å²) in [4.78, 5) is 0. The Hall–Kier alpha value is -1.49. The smallest absolute Gasteiger partial charge is 0.177 e. The van der Waals surface area contributed by atoms with Crippen molar-refractivity contribution in [3.63, 3.8) is 0 Å². The van der Waals surface area contributed by atoms with Gasteiger partial charge < -0.3 is 5.73 Å². The largest absolute Gasteiger partial charge is 0.327 e. The Morgan fingerprint density at radius 3 is 2.88 bits per heavy atom. The highest BCUT2D eigenvalue weighted by molar-refractivity contribution is 5.36. The van der Waals surface area contributed by atoms with E-state index in [4.69, 9.17) is 5.73 Å². The minimum absolute atomic E-state index is 0.193. The van der Waals surface area contributed by atoms with E-state index in [-0.39, 0.29) is 6.04 Å². The van der Waals surface area contributed by atoms with E-state index in [9.17, 15) is 0 Å². The second-order valence-electron chi connectivity index (χ2n) is 4.86. The fourth-order valence-corrected chi connectivity index (χ4v) is 2.61. The third kappa shape index (κ3) is 1.80. The molecule has 3 rings (SSSR count).